The van der Waals surface area contributed by atoms with Crippen molar-refractivity contribution in [3.05, 3.63) is 33.3 Å². The summed E-state index contributed by atoms with van der Waals surface area (Å²) >= 11 is 9.45. The van der Waals surface area contributed by atoms with E-state index in [0.29, 0.717) is 36.9 Å². The first-order valence-electron chi connectivity index (χ1n) is 5.92. The molecule has 1 aromatic rings. The van der Waals surface area contributed by atoms with E-state index in [0.717, 1.165) is 4.47 Å². The minimum absolute atomic E-state index is 0.0662. The molecule has 1 amide bonds. The van der Waals surface area contributed by atoms with Gasteiger partial charge in [0.25, 0.3) is 5.91 Å². The minimum atomic E-state index is -0.0662. The van der Waals surface area contributed by atoms with Gasteiger partial charge in [0, 0.05) is 24.2 Å². The maximum Gasteiger partial charge on any atom is 0.255 e. The van der Waals surface area contributed by atoms with Crippen molar-refractivity contribution in [1.82, 2.24) is 4.90 Å². The summed E-state index contributed by atoms with van der Waals surface area (Å²) < 4.78 is 6.00. The monoisotopic (exact) mass is 333 g/mol. The second-order valence-corrected chi connectivity index (χ2v) is 4.92. The smallest absolute Gasteiger partial charge is 0.255 e. The summed E-state index contributed by atoms with van der Waals surface area (Å²) in [6.45, 7) is 6.28. The molecule has 0 atom stereocenters. The molecule has 5 heteroatoms. The average molecular weight is 335 g/mol. The third kappa shape index (κ3) is 3.97. The standard InChI is InChI=1S/C13H17BrClNO2/c1-3-16(8-9-18-4-2)13(17)10-6-5-7-11(14)12(10)15/h5-7H,3-4,8-9H2,1-2H3. The fourth-order valence-corrected chi connectivity index (χ4v) is 2.13. The lowest BCUT2D eigenvalue weighted by Gasteiger charge is -2.21. The molecule has 0 aliphatic carbocycles. The largest absolute Gasteiger partial charge is 0.380 e. The van der Waals surface area contributed by atoms with Crippen LogP contribution in [-0.2, 0) is 4.74 Å². The number of hydrogen-bond donors (Lipinski definition) is 0. The number of hydrogen-bond acceptors (Lipinski definition) is 2. The number of likely N-dealkylation sites (N-methyl/N-ethyl adjacent to an activating group) is 1. The van der Waals surface area contributed by atoms with E-state index in [1.54, 1.807) is 17.0 Å². The maximum absolute atomic E-state index is 12.3. The molecule has 0 bridgehead atoms. The van der Waals surface area contributed by atoms with Crippen molar-refractivity contribution in [3.8, 4) is 0 Å². The lowest BCUT2D eigenvalue weighted by Crippen LogP contribution is -2.34. The molecule has 0 radical (unpaired) electrons. The molecule has 0 aliphatic heterocycles. The molecule has 0 fully saturated rings. The molecule has 0 aliphatic rings. The fraction of sp³-hybridized carbons (Fsp3) is 0.462. The van der Waals surface area contributed by atoms with Gasteiger partial charge in [-0.15, -0.1) is 0 Å². The van der Waals surface area contributed by atoms with Crippen LogP contribution in [0, 0.1) is 0 Å². The number of ether oxygens (including phenoxy) is 1. The Bertz CT molecular complexity index is 412. The van der Waals surface area contributed by atoms with E-state index in [1.165, 1.54) is 0 Å². The Morgan fingerprint density at radius 3 is 2.78 bits per heavy atom. The molecule has 0 saturated heterocycles. The lowest BCUT2D eigenvalue weighted by molar-refractivity contribution is 0.0669. The van der Waals surface area contributed by atoms with Crippen molar-refractivity contribution in [2.75, 3.05) is 26.3 Å². The summed E-state index contributed by atoms with van der Waals surface area (Å²) in [6, 6.07) is 5.36. The van der Waals surface area contributed by atoms with E-state index in [-0.39, 0.29) is 5.91 Å². The predicted octanol–water partition coefficient (Wildman–Crippen LogP) is 3.60. The van der Waals surface area contributed by atoms with Gasteiger partial charge in [-0.05, 0) is 41.9 Å². The summed E-state index contributed by atoms with van der Waals surface area (Å²) in [4.78, 5) is 14.0. The van der Waals surface area contributed by atoms with Crippen molar-refractivity contribution in [2.45, 2.75) is 13.8 Å². The molecule has 18 heavy (non-hydrogen) atoms. The first-order chi connectivity index (χ1) is 8.61. The van der Waals surface area contributed by atoms with Crippen LogP contribution in [0.15, 0.2) is 22.7 Å². The van der Waals surface area contributed by atoms with Gasteiger partial charge in [-0.1, -0.05) is 17.7 Å². The number of benzene rings is 1. The van der Waals surface area contributed by atoms with Crippen LogP contribution in [0.2, 0.25) is 5.02 Å². The van der Waals surface area contributed by atoms with Gasteiger partial charge in [0.15, 0.2) is 0 Å². The van der Waals surface area contributed by atoms with Crippen LogP contribution < -0.4 is 0 Å². The van der Waals surface area contributed by atoms with Gasteiger partial charge in [0.2, 0.25) is 0 Å². The van der Waals surface area contributed by atoms with Crippen LogP contribution in [-0.4, -0.2) is 37.1 Å². The van der Waals surface area contributed by atoms with Crippen molar-refractivity contribution in [3.63, 3.8) is 0 Å². The molecular formula is C13H17BrClNO2. The van der Waals surface area contributed by atoms with Gasteiger partial charge in [0.1, 0.15) is 0 Å². The topological polar surface area (TPSA) is 29.5 Å². The van der Waals surface area contributed by atoms with Crippen LogP contribution in [0.3, 0.4) is 0 Å². The number of carbonyl (C=O) groups excluding carboxylic acids is 1. The maximum atomic E-state index is 12.3. The number of carbonyl (C=O) groups is 1. The van der Waals surface area contributed by atoms with Crippen molar-refractivity contribution < 1.29 is 9.53 Å². The SMILES string of the molecule is CCOCCN(CC)C(=O)c1cccc(Br)c1Cl. The Morgan fingerprint density at radius 1 is 1.44 bits per heavy atom. The normalized spacial score (nSPS) is 10.4. The van der Waals surface area contributed by atoms with E-state index >= 15 is 0 Å². The number of nitrogens with zero attached hydrogens (tertiary/aromatic N) is 1. The van der Waals surface area contributed by atoms with Crippen molar-refractivity contribution >= 4 is 33.4 Å². The third-order valence-corrected chi connectivity index (χ3v) is 3.86. The number of halogens is 2. The molecule has 0 N–H and O–H groups in total. The molecule has 1 aromatic carbocycles. The van der Waals surface area contributed by atoms with E-state index in [4.69, 9.17) is 16.3 Å². The lowest BCUT2D eigenvalue weighted by atomic mass is 10.2. The molecule has 0 heterocycles. The highest BCUT2D eigenvalue weighted by molar-refractivity contribution is 9.10. The molecular weight excluding hydrogens is 318 g/mol. The van der Waals surface area contributed by atoms with Gasteiger partial charge in [-0.2, -0.15) is 0 Å². The van der Waals surface area contributed by atoms with Crippen LogP contribution in [0.5, 0.6) is 0 Å². The Labute approximate surface area is 121 Å². The summed E-state index contributed by atoms with van der Waals surface area (Å²) in [5.41, 5.74) is 0.518. The highest BCUT2D eigenvalue weighted by Crippen LogP contribution is 2.26. The van der Waals surface area contributed by atoms with Crippen LogP contribution >= 0.6 is 27.5 Å². The molecule has 0 saturated carbocycles. The first kappa shape index (κ1) is 15.5. The predicted molar refractivity (Wildman–Crippen MR) is 77.2 cm³/mol. The quantitative estimate of drug-likeness (QED) is 0.744. The molecule has 1 rings (SSSR count). The van der Waals surface area contributed by atoms with Gasteiger partial charge in [-0.3, -0.25) is 4.79 Å². The summed E-state index contributed by atoms with van der Waals surface area (Å²) in [5, 5.41) is 0.456. The molecule has 0 unspecified atom stereocenters. The average Bonchev–Trinajstić information content (AvgIpc) is 2.37. The van der Waals surface area contributed by atoms with Crippen molar-refractivity contribution in [1.29, 1.82) is 0 Å². The van der Waals surface area contributed by atoms with E-state index in [9.17, 15) is 4.79 Å². The van der Waals surface area contributed by atoms with Crippen LogP contribution in [0.4, 0.5) is 0 Å². The number of amides is 1. The zero-order valence-corrected chi connectivity index (χ0v) is 12.9. The van der Waals surface area contributed by atoms with E-state index < -0.39 is 0 Å². The zero-order valence-electron chi connectivity index (χ0n) is 10.6. The van der Waals surface area contributed by atoms with E-state index in [2.05, 4.69) is 15.9 Å². The van der Waals surface area contributed by atoms with Gasteiger partial charge in [-0.25, -0.2) is 0 Å². The Hall–Kier alpha value is -0.580. The highest BCUT2D eigenvalue weighted by atomic mass is 79.9. The Morgan fingerprint density at radius 2 is 2.17 bits per heavy atom. The Balaban J connectivity index is 2.80. The van der Waals surface area contributed by atoms with Crippen molar-refractivity contribution in [2.24, 2.45) is 0 Å². The second-order valence-electron chi connectivity index (χ2n) is 3.68. The summed E-state index contributed by atoms with van der Waals surface area (Å²) in [6.07, 6.45) is 0. The molecule has 100 valence electrons. The first-order valence-corrected chi connectivity index (χ1v) is 7.09. The van der Waals surface area contributed by atoms with Gasteiger partial charge >= 0.3 is 0 Å². The summed E-state index contributed by atoms with van der Waals surface area (Å²) in [5.74, 6) is -0.0662. The van der Waals surface area contributed by atoms with Gasteiger partial charge < -0.3 is 9.64 Å². The summed E-state index contributed by atoms with van der Waals surface area (Å²) in [7, 11) is 0. The second kappa shape index (κ2) is 7.77. The van der Waals surface area contributed by atoms with Gasteiger partial charge in [0.05, 0.1) is 17.2 Å². The van der Waals surface area contributed by atoms with E-state index in [1.807, 2.05) is 19.9 Å². The minimum Gasteiger partial charge on any atom is -0.380 e. The molecule has 0 aromatic heterocycles. The molecule has 3 nitrogen and oxygen atoms in total. The third-order valence-electron chi connectivity index (χ3n) is 2.56. The van der Waals surface area contributed by atoms with Crippen LogP contribution in [0.1, 0.15) is 24.2 Å². The zero-order chi connectivity index (χ0) is 13.5. The fourth-order valence-electron chi connectivity index (χ4n) is 1.56. The number of rotatable bonds is 6. The Kier molecular flexibility index (Phi) is 6.68. The highest BCUT2D eigenvalue weighted by Gasteiger charge is 2.17. The molecule has 0 spiro atoms. The van der Waals surface area contributed by atoms with Crippen LogP contribution in [0.25, 0.3) is 0 Å².